The van der Waals surface area contributed by atoms with Gasteiger partial charge in [0.05, 0.1) is 6.54 Å². The van der Waals surface area contributed by atoms with Crippen LogP contribution in [0.3, 0.4) is 0 Å². The summed E-state index contributed by atoms with van der Waals surface area (Å²) in [5, 5.41) is 2.54. The van der Waals surface area contributed by atoms with Gasteiger partial charge in [-0.1, -0.05) is 11.3 Å². The van der Waals surface area contributed by atoms with Crippen molar-refractivity contribution in [1.29, 1.82) is 0 Å². The van der Waals surface area contributed by atoms with Gasteiger partial charge in [0.25, 0.3) is 5.19 Å². The molecule has 1 aliphatic heterocycles. The second kappa shape index (κ2) is 5.77. The summed E-state index contributed by atoms with van der Waals surface area (Å²) in [7, 11) is 0. The number of carbonyl (C=O) groups excluding carboxylic acids is 1. The van der Waals surface area contributed by atoms with E-state index in [1.54, 1.807) is 11.1 Å². The highest BCUT2D eigenvalue weighted by Crippen LogP contribution is 2.21. The van der Waals surface area contributed by atoms with Crippen LogP contribution < -0.4 is 4.74 Å². The van der Waals surface area contributed by atoms with Gasteiger partial charge in [0.2, 0.25) is 0 Å². The first-order valence-corrected chi connectivity index (χ1v) is 7.36. The van der Waals surface area contributed by atoms with Gasteiger partial charge in [-0.25, -0.2) is 9.78 Å². The molecule has 106 valence electrons. The number of aromatic nitrogens is 1. The van der Waals surface area contributed by atoms with E-state index in [0.29, 0.717) is 11.7 Å². The Balaban J connectivity index is 1.88. The predicted octanol–water partition coefficient (Wildman–Crippen LogP) is 2.92. The summed E-state index contributed by atoms with van der Waals surface area (Å²) in [6, 6.07) is 0. The van der Waals surface area contributed by atoms with Crippen molar-refractivity contribution in [3.05, 3.63) is 11.6 Å². The molecule has 2 heterocycles. The first-order valence-electron chi connectivity index (χ1n) is 6.48. The third-order valence-electron chi connectivity index (χ3n) is 2.71. The molecule has 1 aromatic heterocycles. The highest BCUT2D eigenvalue weighted by molar-refractivity contribution is 7.11. The second-order valence-electron chi connectivity index (χ2n) is 5.61. The first-order chi connectivity index (χ1) is 8.94. The lowest BCUT2D eigenvalue weighted by Gasteiger charge is -2.33. The third-order valence-corrected chi connectivity index (χ3v) is 3.37. The summed E-state index contributed by atoms with van der Waals surface area (Å²) >= 11 is 1.47. The lowest BCUT2D eigenvalue weighted by molar-refractivity contribution is 0.00773. The predicted molar refractivity (Wildman–Crippen MR) is 73.6 cm³/mol. The van der Waals surface area contributed by atoms with Gasteiger partial charge in [0, 0.05) is 18.1 Å². The van der Waals surface area contributed by atoms with Crippen LogP contribution in [0, 0.1) is 0 Å². The summed E-state index contributed by atoms with van der Waals surface area (Å²) in [6.07, 6.45) is 3.33. The SMILES string of the molecule is CC(C)(C)OC(=O)N1CCC[C@@H](Oc2nccs2)C1. The molecule has 0 aromatic carbocycles. The fourth-order valence-corrected chi connectivity index (χ4v) is 2.49. The van der Waals surface area contributed by atoms with E-state index < -0.39 is 5.60 Å². The van der Waals surface area contributed by atoms with Crippen LogP contribution in [0.5, 0.6) is 5.19 Å². The Hall–Kier alpha value is -1.30. The molecule has 1 aliphatic rings. The van der Waals surface area contributed by atoms with Crippen molar-refractivity contribution in [2.75, 3.05) is 13.1 Å². The number of nitrogens with zero attached hydrogens (tertiary/aromatic N) is 2. The summed E-state index contributed by atoms with van der Waals surface area (Å²) in [5.74, 6) is 0. The zero-order valence-corrected chi connectivity index (χ0v) is 12.4. The summed E-state index contributed by atoms with van der Waals surface area (Å²) < 4.78 is 11.1. The topological polar surface area (TPSA) is 51.7 Å². The molecule has 6 heteroatoms. The molecule has 19 heavy (non-hydrogen) atoms. The number of hydrogen-bond acceptors (Lipinski definition) is 5. The van der Waals surface area contributed by atoms with Crippen molar-refractivity contribution in [3.63, 3.8) is 0 Å². The molecular weight excluding hydrogens is 264 g/mol. The number of ether oxygens (including phenoxy) is 2. The average Bonchev–Trinajstić information content (AvgIpc) is 2.80. The Labute approximate surface area is 117 Å². The van der Waals surface area contributed by atoms with Crippen LogP contribution in [0.1, 0.15) is 33.6 Å². The maximum atomic E-state index is 12.0. The zero-order chi connectivity index (χ0) is 13.9. The minimum absolute atomic E-state index is 0.00687. The highest BCUT2D eigenvalue weighted by Gasteiger charge is 2.28. The van der Waals surface area contributed by atoms with Gasteiger partial charge in [0.1, 0.15) is 11.7 Å². The fourth-order valence-electron chi connectivity index (χ4n) is 1.94. The van der Waals surface area contributed by atoms with Crippen molar-refractivity contribution < 1.29 is 14.3 Å². The highest BCUT2D eigenvalue weighted by atomic mass is 32.1. The molecule has 1 saturated heterocycles. The van der Waals surface area contributed by atoms with Gasteiger partial charge in [-0.15, -0.1) is 0 Å². The molecule has 0 N–H and O–H groups in total. The Bertz CT molecular complexity index is 414. The second-order valence-corrected chi connectivity index (χ2v) is 6.46. The molecule has 5 nitrogen and oxygen atoms in total. The van der Waals surface area contributed by atoms with Crippen LogP contribution in [0.2, 0.25) is 0 Å². The Morgan fingerprint density at radius 2 is 2.32 bits per heavy atom. The van der Waals surface area contributed by atoms with Crippen molar-refractivity contribution in [2.24, 2.45) is 0 Å². The quantitative estimate of drug-likeness (QED) is 0.838. The maximum Gasteiger partial charge on any atom is 0.410 e. The number of hydrogen-bond donors (Lipinski definition) is 0. The number of amides is 1. The van der Waals surface area contributed by atoms with E-state index in [1.807, 2.05) is 26.2 Å². The van der Waals surface area contributed by atoms with E-state index in [1.165, 1.54) is 11.3 Å². The Morgan fingerprint density at radius 1 is 1.53 bits per heavy atom. The molecule has 0 spiro atoms. The van der Waals surface area contributed by atoms with Crippen LogP contribution in [-0.2, 0) is 4.74 Å². The van der Waals surface area contributed by atoms with Crippen LogP contribution in [0.4, 0.5) is 4.79 Å². The normalized spacial score (nSPS) is 20.2. The average molecular weight is 284 g/mol. The van der Waals surface area contributed by atoms with Crippen LogP contribution >= 0.6 is 11.3 Å². The van der Waals surface area contributed by atoms with Crippen LogP contribution in [0.15, 0.2) is 11.6 Å². The minimum atomic E-state index is -0.458. The standard InChI is InChI=1S/C13H20N2O3S/c1-13(2,3)18-12(16)15-7-4-5-10(9-15)17-11-14-6-8-19-11/h6,8,10H,4-5,7,9H2,1-3H3/t10-/m1/s1. The van der Waals surface area contributed by atoms with E-state index in [9.17, 15) is 4.79 Å². The van der Waals surface area contributed by atoms with E-state index in [-0.39, 0.29) is 12.2 Å². The fraction of sp³-hybridized carbons (Fsp3) is 0.692. The first kappa shape index (κ1) is 14.1. The third kappa shape index (κ3) is 4.38. The molecule has 0 aliphatic carbocycles. The molecule has 1 fully saturated rings. The molecule has 1 atom stereocenters. The Morgan fingerprint density at radius 3 is 2.95 bits per heavy atom. The summed E-state index contributed by atoms with van der Waals surface area (Å²) in [5.41, 5.74) is -0.458. The van der Waals surface area contributed by atoms with Gasteiger partial charge in [-0.2, -0.15) is 0 Å². The summed E-state index contributed by atoms with van der Waals surface area (Å²) in [6.45, 7) is 6.91. The van der Waals surface area contributed by atoms with E-state index in [4.69, 9.17) is 9.47 Å². The molecule has 2 rings (SSSR count). The molecule has 0 radical (unpaired) electrons. The molecule has 1 amide bonds. The van der Waals surface area contributed by atoms with Gasteiger partial charge in [-0.3, -0.25) is 0 Å². The Kier molecular flexibility index (Phi) is 4.29. The van der Waals surface area contributed by atoms with Gasteiger partial charge in [-0.05, 0) is 33.6 Å². The minimum Gasteiger partial charge on any atom is -0.465 e. The van der Waals surface area contributed by atoms with Crippen LogP contribution in [0.25, 0.3) is 0 Å². The molecule has 0 bridgehead atoms. The monoisotopic (exact) mass is 284 g/mol. The number of rotatable bonds is 2. The van der Waals surface area contributed by atoms with E-state index in [0.717, 1.165) is 19.4 Å². The molecular formula is C13H20N2O3S. The van der Waals surface area contributed by atoms with E-state index in [2.05, 4.69) is 4.98 Å². The maximum absolute atomic E-state index is 12.0. The van der Waals surface area contributed by atoms with Gasteiger partial charge >= 0.3 is 6.09 Å². The number of thiazole rings is 1. The van der Waals surface area contributed by atoms with Crippen molar-refractivity contribution in [3.8, 4) is 5.19 Å². The molecule has 0 unspecified atom stereocenters. The van der Waals surface area contributed by atoms with Gasteiger partial charge in [0.15, 0.2) is 0 Å². The number of likely N-dealkylation sites (tertiary alicyclic amines) is 1. The van der Waals surface area contributed by atoms with Gasteiger partial charge < -0.3 is 14.4 Å². The number of carbonyl (C=O) groups is 1. The lowest BCUT2D eigenvalue weighted by Crippen LogP contribution is -2.46. The molecule has 1 aromatic rings. The molecule has 0 saturated carbocycles. The lowest BCUT2D eigenvalue weighted by atomic mass is 10.1. The van der Waals surface area contributed by atoms with Crippen molar-refractivity contribution >= 4 is 17.4 Å². The smallest absolute Gasteiger partial charge is 0.410 e. The summed E-state index contributed by atoms with van der Waals surface area (Å²) in [4.78, 5) is 17.8. The zero-order valence-electron chi connectivity index (χ0n) is 11.6. The van der Waals surface area contributed by atoms with E-state index >= 15 is 0 Å². The van der Waals surface area contributed by atoms with Crippen LogP contribution in [-0.4, -0.2) is 40.8 Å². The number of piperidine rings is 1. The van der Waals surface area contributed by atoms with Crippen molar-refractivity contribution in [2.45, 2.75) is 45.3 Å². The largest absolute Gasteiger partial charge is 0.465 e. The van der Waals surface area contributed by atoms with Crippen molar-refractivity contribution in [1.82, 2.24) is 9.88 Å².